The van der Waals surface area contributed by atoms with Crippen molar-refractivity contribution in [3.63, 3.8) is 0 Å². The Morgan fingerprint density at radius 2 is 1.87 bits per heavy atom. The average Bonchev–Trinajstić information content (AvgIpc) is 2.44. The molecule has 2 rings (SSSR count). The number of nitrogens with two attached hydrogens (primary N) is 1. The van der Waals surface area contributed by atoms with Gasteiger partial charge in [0.05, 0.1) is 0 Å². The van der Waals surface area contributed by atoms with Crippen LogP contribution in [-0.4, -0.2) is 0 Å². The number of fused-ring (bicyclic) bond motifs is 1. The standard InChI is InChI=1S/C13H17N2/c1-7(2)10-5-6-11(14)12-8(3)9(4)15-13(10)12/h5-7H,14H2,1-4H3/q-1. The van der Waals surface area contributed by atoms with Crippen LogP contribution in [0.1, 0.15) is 36.6 Å². The summed E-state index contributed by atoms with van der Waals surface area (Å²) < 4.78 is 0. The first-order chi connectivity index (χ1) is 7.02. The van der Waals surface area contributed by atoms with Gasteiger partial charge in [-0.15, -0.1) is 5.52 Å². The van der Waals surface area contributed by atoms with E-state index in [0.717, 1.165) is 22.3 Å². The number of hydrogen-bond acceptors (Lipinski definition) is 1. The fraction of sp³-hybridized carbons (Fsp3) is 0.385. The Morgan fingerprint density at radius 1 is 1.20 bits per heavy atom. The molecule has 2 heteroatoms. The van der Waals surface area contributed by atoms with Gasteiger partial charge in [0.2, 0.25) is 0 Å². The highest BCUT2D eigenvalue weighted by atomic mass is 14.7. The van der Waals surface area contributed by atoms with Crippen molar-refractivity contribution in [1.82, 2.24) is 4.98 Å². The minimum absolute atomic E-state index is 0.488. The maximum atomic E-state index is 6.00. The minimum Gasteiger partial charge on any atom is -0.660 e. The first-order valence-electron chi connectivity index (χ1n) is 5.34. The number of hydrogen-bond donors (Lipinski definition) is 1. The lowest BCUT2D eigenvalue weighted by Crippen LogP contribution is -1.93. The first kappa shape index (κ1) is 10.1. The van der Waals surface area contributed by atoms with Gasteiger partial charge in [-0.2, -0.15) is 5.69 Å². The lowest BCUT2D eigenvalue weighted by molar-refractivity contribution is 0.873. The van der Waals surface area contributed by atoms with Gasteiger partial charge in [-0.25, -0.2) is 0 Å². The number of rotatable bonds is 1. The molecule has 1 aromatic heterocycles. The van der Waals surface area contributed by atoms with Crippen LogP contribution in [0, 0.1) is 13.8 Å². The lowest BCUT2D eigenvalue weighted by Gasteiger charge is -2.14. The highest BCUT2D eigenvalue weighted by Gasteiger charge is 2.06. The fourth-order valence-electron chi connectivity index (χ4n) is 2.04. The molecule has 0 aliphatic rings. The van der Waals surface area contributed by atoms with Gasteiger partial charge in [0.15, 0.2) is 0 Å². The summed E-state index contributed by atoms with van der Waals surface area (Å²) in [7, 11) is 0. The second-order valence-corrected chi connectivity index (χ2v) is 4.44. The Kier molecular flexibility index (Phi) is 2.22. The zero-order chi connectivity index (χ0) is 11.2. The highest BCUT2D eigenvalue weighted by Crippen LogP contribution is 2.32. The molecule has 0 amide bonds. The molecule has 2 N–H and O–H groups in total. The van der Waals surface area contributed by atoms with Crippen LogP contribution in [0.25, 0.3) is 10.9 Å². The van der Waals surface area contributed by atoms with E-state index in [1.165, 1.54) is 11.1 Å². The largest absolute Gasteiger partial charge is 0.660 e. The average molecular weight is 201 g/mol. The van der Waals surface area contributed by atoms with Crippen molar-refractivity contribution < 1.29 is 0 Å². The van der Waals surface area contributed by atoms with Crippen LogP contribution in [0.3, 0.4) is 0 Å². The SMILES string of the molecule is Cc1[n-]c2c(C(C)C)ccc(N)c2c1C. The van der Waals surface area contributed by atoms with Crippen molar-refractivity contribution in [1.29, 1.82) is 0 Å². The van der Waals surface area contributed by atoms with E-state index in [1.807, 2.05) is 13.0 Å². The second-order valence-electron chi connectivity index (χ2n) is 4.44. The summed E-state index contributed by atoms with van der Waals surface area (Å²) in [4.78, 5) is 4.61. The molecule has 0 fully saturated rings. The van der Waals surface area contributed by atoms with Gasteiger partial charge in [0.1, 0.15) is 0 Å². The van der Waals surface area contributed by atoms with E-state index >= 15 is 0 Å². The molecule has 1 aromatic carbocycles. The summed E-state index contributed by atoms with van der Waals surface area (Å²) in [6.45, 7) is 8.50. The molecule has 0 saturated heterocycles. The van der Waals surface area contributed by atoms with E-state index in [0.29, 0.717) is 5.92 Å². The zero-order valence-electron chi connectivity index (χ0n) is 9.76. The normalized spacial score (nSPS) is 11.5. The Morgan fingerprint density at radius 3 is 2.47 bits per heavy atom. The third kappa shape index (κ3) is 1.41. The van der Waals surface area contributed by atoms with Crippen molar-refractivity contribution in [2.24, 2.45) is 0 Å². The topological polar surface area (TPSA) is 40.1 Å². The molecule has 0 spiro atoms. The molecule has 80 valence electrons. The van der Waals surface area contributed by atoms with Crippen LogP contribution in [0.4, 0.5) is 5.69 Å². The molecule has 15 heavy (non-hydrogen) atoms. The van der Waals surface area contributed by atoms with Crippen molar-refractivity contribution in [3.05, 3.63) is 29.0 Å². The van der Waals surface area contributed by atoms with E-state index in [4.69, 9.17) is 5.73 Å². The molecule has 1 heterocycles. The Labute approximate surface area is 90.5 Å². The quantitative estimate of drug-likeness (QED) is 0.720. The van der Waals surface area contributed by atoms with Gasteiger partial charge in [-0.05, 0) is 24.3 Å². The van der Waals surface area contributed by atoms with Crippen LogP contribution in [0.5, 0.6) is 0 Å². The van der Waals surface area contributed by atoms with E-state index in [1.54, 1.807) is 0 Å². The van der Waals surface area contributed by atoms with Gasteiger partial charge in [-0.3, -0.25) is 0 Å². The fourth-order valence-corrected chi connectivity index (χ4v) is 2.04. The van der Waals surface area contributed by atoms with Crippen molar-refractivity contribution in [2.45, 2.75) is 33.6 Å². The molecule has 0 aliphatic heterocycles. The van der Waals surface area contributed by atoms with E-state index in [9.17, 15) is 0 Å². The molecule has 2 aromatic rings. The van der Waals surface area contributed by atoms with E-state index in [-0.39, 0.29) is 0 Å². The Bertz CT molecular complexity index is 507. The number of anilines is 1. The van der Waals surface area contributed by atoms with Crippen LogP contribution in [0.15, 0.2) is 12.1 Å². The Balaban J connectivity index is 2.89. The molecule has 0 saturated carbocycles. The van der Waals surface area contributed by atoms with Crippen LogP contribution < -0.4 is 10.7 Å². The summed E-state index contributed by atoms with van der Waals surface area (Å²) in [5.74, 6) is 0.488. The van der Waals surface area contributed by atoms with Crippen molar-refractivity contribution >= 4 is 16.6 Å². The summed E-state index contributed by atoms with van der Waals surface area (Å²) >= 11 is 0. The third-order valence-corrected chi connectivity index (χ3v) is 3.06. The van der Waals surface area contributed by atoms with Crippen LogP contribution in [-0.2, 0) is 0 Å². The summed E-state index contributed by atoms with van der Waals surface area (Å²) in [5.41, 5.74) is 11.5. The Hall–Kier alpha value is -1.44. The molecular formula is C13H17N2-. The number of nitrogen functional groups attached to an aromatic ring is 1. The molecule has 0 bridgehead atoms. The maximum absolute atomic E-state index is 6.00. The molecular weight excluding hydrogens is 184 g/mol. The van der Waals surface area contributed by atoms with Crippen LogP contribution in [0.2, 0.25) is 0 Å². The zero-order valence-corrected chi connectivity index (χ0v) is 9.76. The third-order valence-electron chi connectivity index (χ3n) is 3.06. The van der Waals surface area contributed by atoms with Gasteiger partial charge in [-0.1, -0.05) is 38.0 Å². The summed E-state index contributed by atoms with van der Waals surface area (Å²) in [6, 6.07) is 4.08. The second kappa shape index (κ2) is 3.30. The van der Waals surface area contributed by atoms with E-state index < -0.39 is 0 Å². The number of aromatic nitrogens is 1. The van der Waals surface area contributed by atoms with E-state index in [2.05, 4.69) is 31.8 Å². The van der Waals surface area contributed by atoms with Gasteiger partial charge in [0.25, 0.3) is 0 Å². The first-order valence-corrected chi connectivity index (χ1v) is 5.34. The number of aryl methyl sites for hydroxylation is 2. The monoisotopic (exact) mass is 201 g/mol. The predicted octanol–water partition coefficient (Wildman–Crippen LogP) is 3.12. The van der Waals surface area contributed by atoms with Gasteiger partial charge < -0.3 is 10.7 Å². The molecule has 0 unspecified atom stereocenters. The summed E-state index contributed by atoms with van der Waals surface area (Å²) in [6.07, 6.45) is 0. The summed E-state index contributed by atoms with van der Waals surface area (Å²) in [5, 5.41) is 1.14. The molecule has 0 aliphatic carbocycles. The lowest BCUT2D eigenvalue weighted by atomic mass is 9.98. The smallest absolute Gasteiger partial charge is 0.0377 e. The maximum Gasteiger partial charge on any atom is 0.0377 e. The van der Waals surface area contributed by atoms with Crippen molar-refractivity contribution in [2.75, 3.05) is 5.73 Å². The van der Waals surface area contributed by atoms with Gasteiger partial charge in [0, 0.05) is 5.69 Å². The molecule has 2 nitrogen and oxygen atoms in total. The highest BCUT2D eigenvalue weighted by molar-refractivity contribution is 5.96. The van der Waals surface area contributed by atoms with Crippen molar-refractivity contribution in [3.8, 4) is 0 Å². The predicted molar refractivity (Wildman–Crippen MR) is 65.2 cm³/mol. The molecule has 0 radical (unpaired) electrons. The minimum atomic E-state index is 0.488. The number of nitrogens with zero attached hydrogens (tertiary/aromatic N) is 1. The number of benzene rings is 1. The molecule has 0 atom stereocenters. The van der Waals surface area contributed by atoms with Crippen LogP contribution >= 0.6 is 0 Å². The van der Waals surface area contributed by atoms with Gasteiger partial charge >= 0.3 is 0 Å².